The van der Waals surface area contributed by atoms with E-state index in [1.54, 1.807) is 11.3 Å². The summed E-state index contributed by atoms with van der Waals surface area (Å²) in [6.07, 6.45) is 2.17. The van der Waals surface area contributed by atoms with Crippen molar-refractivity contribution < 1.29 is 4.79 Å². The van der Waals surface area contributed by atoms with Crippen molar-refractivity contribution in [3.63, 3.8) is 0 Å². The van der Waals surface area contributed by atoms with E-state index in [1.165, 1.54) is 5.56 Å². The van der Waals surface area contributed by atoms with Gasteiger partial charge in [-0.15, -0.1) is 11.3 Å². The third-order valence-electron chi connectivity index (χ3n) is 4.55. The molecule has 0 saturated carbocycles. The van der Waals surface area contributed by atoms with Crippen molar-refractivity contribution in [2.75, 3.05) is 16.8 Å². The number of aromatic nitrogens is 2. The average Bonchev–Trinajstić information content (AvgIpc) is 3.10. The molecule has 25 heavy (non-hydrogen) atoms. The maximum Gasteiger partial charge on any atom is 0.227 e. The SMILES string of the molecule is CCc1nc(Nc2ccc3c(c2)CCC(=O)N3CC)c2ccsc2n1. The van der Waals surface area contributed by atoms with Crippen LogP contribution in [0.2, 0.25) is 0 Å². The lowest BCUT2D eigenvalue weighted by Crippen LogP contribution is -2.34. The van der Waals surface area contributed by atoms with Crippen LogP contribution in [-0.2, 0) is 17.6 Å². The average molecular weight is 352 g/mol. The molecule has 1 amide bonds. The predicted octanol–water partition coefficient (Wildman–Crippen LogP) is 4.30. The van der Waals surface area contributed by atoms with Crippen molar-refractivity contribution in [1.82, 2.24) is 9.97 Å². The number of hydrogen-bond acceptors (Lipinski definition) is 5. The van der Waals surface area contributed by atoms with Gasteiger partial charge in [0, 0.05) is 30.8 Å². The molecule has 5 nitrogen and oxygen atoms in total. The smallest absolute Gasteiger partial charge is 0.227 e. The van der Waals surface area contributed by atoms with Crippen molar-refractivity contribution >= 4 is 44.7 Å². The van der Waals surface area contributed by atoms with Gasteiger partial charge >= 0.3 is 0 Å². The summed E-state index contributed by atoms with van der Waals surface area (Å²) in [4.78, 5) is 24.2. The van der Waals surface area contributed by atoms with Gasteiger partial charge in [0.15, 0.2) is 0 Å². The van der Waals surface area contributed by atoms with Gasteiger partial charge in [-0.3, -0.25) is 4.79 Å². The number of thiophene rings is 1. The summed E-state index contributed by atoms with van der Waals surface area (Å²) in [5.41, 5.74) is 3.23. The van der Waals surface area contributed by atoms with Crippen LogP contribution >= 0.6 is 11.3 Å². The van der Waals surface area contributed by atoms with Crippen LogP contribution in [0.15, 0.2) is 29.6 Å². The van der Waals surface area contributed by atoms with Gasteiger partial charge in [0.2, 0.25) is 5.91 Å². The summed E-state index contributed by atoms with van der Waals surface area (Å²) < 4.78 is 0. The second kappa shape index (κ2) is 6.44. The van der Waals surface area contributed by atoms with E-state index in [9.17, 15) is 4.79 Å². The van der Waals surface area contributed by atoms with Gasteiger partial charge in [-0.1, -0.05) is 6.92 Å². The van der Waals surface area contributed by atoms with E-state index in [-0.39, 0.29) is 5.91 Å². The number of amides is 1. The van der Waals surface area contributed by atoms with Crippen molar-refractivity contribution in [3.8, 4) is 0 Å². The molecule has 3 aromatic rings. The summed E-state index contributed by atoms with van der Waals surface area (Å²) in [5.74, 6) is 1.90. The molecule has 3 heterocycles. The molecule has 6 heteroatoms. The van der Waals surface area contributed by atoms with Crippen molar-refractivity contribution in [1.29, 1.82) is 0 Å². The lowest BCUT2D eigenvalue weighted by atomic mass is 10.0. The Bertz CT molecular complexity index is 950. The number of carbonyl (C=O) groups is 1. The second-order valence-corrected chi connectivity index (χ2v) is 6.98. The zero-order valence-corrected chi connectivity index (χ0v) is 15.2. The van der Waals surface area contributed by atoms with Gasteiger partial charge in [-0.05, 0) is 48.6 Å². The van der Waals surface area contributed by atoms with E-state index in [1.807, 2.05) is 29.3 Å². The maximum absolute atomic E-state index is 12.0. The molecule has 4 rings (SSSR count). The summed E-state index contributed by atoms with van der Waals surface area (Å²) >= 11 is 1.63. The van der Waals surface area contributed by atoms with Gasteiger partial charge in [0.05, 0.1) is 5.39 Å². The Kier molecular flexibility index (Phi) is 4.13. The zero-order chi connectivity index (χ0) is 17.4. The van der Waals surface area contributed by atoms with Gasteiger partial charge < -0.3 is 10.2 Å². The minimum absolute atomic E-state index is 0.207. The molecule has 0 fully saturated rings. The molecule has 0 spiro atoms. The normalized spacial score (nSPS) is 14.0. The minimum Gasteiger partial charge on any atom is -0.340 e. The van der Waals surface area contributed by atoms with Gasteiger partial charge in [0.25, 0.3) is 0 Å². The standard InChI is InChI=1S/C19H20N4OS/c1-3-16-21-18(14-9-10-25-19(14)22-16)20-13-6-7-15-12(11-13)5-8-17(24)23(15)4-2/h6-7,9-11H,3-5,8H2,1-2H3,(H,20,21,22). The topological polar surface area (TPSA) is 58.1 Å². The molecule has 0 saturated heterocycles. The monoisotopic (exact) mass is 352 g/mol. The van der Waals surface area contributed by atoms with Crippen LogP contribution in [0.3, 0.4) is 0 Å². The molecule has 0 aliphatic carbocycles. The number of aryl methyl sites for hydroxylation is 2. The van der Waals surface area contributed by atoms with E-state index in [2.05, 4.69) is 34.3 Å². The Balaban J connectivity index is 1.70. The number of nitrogens with one attached hydrogen (secondary N) is 1. The van der Waals surface area contributed by atoms with Crippen LogP contribution in [0, 0.1) is 0 Å². The minimum atomic E-state index is 0.207. The summed E-state index contributed by atoms with van der Waals surface area (Å²) in [6.45, 7) is 4.79. The number of carbonyl (C=O) groups excluding carboxylic acids is 1. The first-order valence-electron chi connectivity index (χ1n) is 8.64. The molecule has 0 atom stereocenters. The third kappa shape index (κ3) is 2.87. The largest absolute Gasteiger partial charge is 0.340 e. The quantitative estimate of drug-likeness (QED) is 0.761. The lowest BCUT2D eigenvalue weighted by molar-refractivity contribution is -0.118. The van der Waals surface area contributed by atoms with E-state index >= 15 is 0 Å². The van der Waals surface area contributed by atoms with E-state index in [0.717, 1.165) is 46.1 Å². The molecule has 128 valence electrons. The summed E-state index contributed by atoms with van der Waals surface area (Å²) in [7, 11) is 0. The molecule has 1 aromatic carbocycles. The summed E-state index contributed by atoms with van der Waals surface area (Å²) in [5, 5.41) is 6.54. The van der Waals surface area contributed by atoms with Crippen molar-refractivity contribution in [2.24, 2.45) is 0 Å². The molecule has 0 radical (unpaired) electrons. The molecule has 2 aromatic heterocycles. The first-order chi connectivity index (χ1) is 12.2. The Hall–Kier alpha value is -2.47. The highest BCUT2D eigenvalue weighted by Crippen LogP contribution is 2.32. The van der Waals surface area contributed by atoms with Gasteiger partial charge in [0.1, 0.15) is 16.5 Å². The molecule has 1 aliphatic rings. The number of rotatable bonds is 4. The van der Waals surface area contributed by atoms with Gasteiger partial charge in [-0.2, -0.15) is 0 Å². The number of fused-ring (bicyclic) bond motifs is 2. The number of nitrogens with zero attached hydrogens (tertiary/aromatic N) is 3. The molecule has 1 N–H and O–H groups in total. The highest BCUT2D eigenvalue weighted by molar-refractivity contribution is 7.16. The fraction of sp³-hybridized carbons (Fsp3) is 0.316. The maximum atomic E-state index is 12.0. The van der Waals surface area contributed by atoms with Crippen LogP contribution in [0.25, 0.3) is 10.2 Å². The van der Waals surface area contributed by atoms with Crippen LogP contribution in [0.4, 0.5) is 17.2 Å². The first kappa shape index (κ1) is 16.0. The van der Waals surface area contributed by atoms with Crippen LogP contribution in [0.5, 0.6) is 0 Å². The zero-order valence-electron chi connectivity index (χ0n) is 14.4. The number of hydrogen-bond donors (Lipinski definition) is 1. The van der Waals surface area contributed by atoms with E-state index in [4.69, 9.17) is 0 Å². The first-order valence-corrected chi connectivity index (χ1v) is 9.52. The van der Waals surface area contributed by atoms with Gasteiger partial charge in [-0.25, -0.2) is 9.97 Å². The molecular weight excluding hydrogens is 332 g/mol. The Morgan fingerprint density at radius 1 is 1.20 bits per heavy atom. The second-order valence-electron chi connectivity index (χ2n) is 6.09. The van der Waals surface area contributed by atoms with Crippen LogP contribution in [-0.4, -0.2) is 22.4 Å². The fourth-order valence-electron chi connectivity index (χ4n) is 3.27. The fourth-order valence-corrected chi connectivity index (χ4v) is 4.06. The third-order valence-corrected chi connectivity index (χ3v) is 5.35. The molecular formula is C19H20N4OS. The number of anilines is 3. The Labute approximate surface area is 150 Å². The Morgan fingerprint density at radius 3 is 2.88 bits per heavy atom. The molecule has 0 bridgehead atoms. The van der Waals surface area contributed by atoms with E-state index in [0.29, 0.717) is 13.0 Å². The highest BCUT2D eigenvalue weighted by Gasteiger charge is 2.23. The van der Waals surface area contributed by atoms with Crippen LogP contribution < -0.4 is 10.2 Å². The highest BCUT2D eigenvalue weighted by atomic mass is 32.1. The Morgan fingerprint density at radius 2 is 2.08 bits per heavy atom. The predicted molar refractivity (Wildman–Crippen MR) is 103 cm³/mol. The lowest BCUT2D eigenvalue weighted by Gasteiger charge is -2.28. The van der Waals surface area contributed by atoms with Crippen molar-refractivity contribution in [3.05, 3.63) is 41.0 Å². The van der Waals surface area contributed by atoms with Crippen molar-refractivity contribution in [2.45, 2.75) is 33.1 Å². The van der Waals surface area contributed by atoms with Crippen LogP contribution in [0.1, 0.15) is 31.7 Å². The molecule has 0 unspecified atom stereocenters. The summed E-state index contributed by atoms with van der Waals surface area (Å²) in [6, 6.07) is 8.24. The van der Waals surface area contributed by atoms with E-state index < -0.39 is 0 Å². The molecule has 1 aliphatic heterocycles. The number of benzene rings is 1.